The third-order valence-electron chi connectivity index (χ3n) is 8.35. The summed E-state index contributed by atoms with van der Waals surface area (Å²) in [6.45, 7) is 5.49. The molecule has 1 saturated heterocycles. The van der Waals surface area contributed by atoms with E-state index >= 15 is 0 Å². The number of rotatable bonds is 8. The van der Waals surface area contributed by atoms with Crippen LogP contribution in [0.2, 0.25) is 0 Å². The van der Waals surface area contributed by atoms with Crippen molar-refractivity contribution in [2.75, 3.05) is 44.7 Å². The van der Waals surface area contributed by atoms with Gasteiger partial charge in [0.2, 0.25) is 5.91 Å². The number of carbonyl (C=O) groups is 1. The molecule has 2 fully saturated rings. The standard InChI is InChI=1S/C30H35F3N4O5/c1-20-3-10-28-21(15-20)16-25(42-28)18-35-11-13-36(14-12-35)29(38)19-41-24-7-4-22(5-8-24)34(2)23-6-9-27(37(39)40)26(17-23)30(31,32)33/h3,6,9-10,15-17,22,24H,4-5,7-8,11-14,18-19H2,1-2H3/t22-,24-. The van der Waals surface area contributed by atoms with E-state index in [1.165, 1.54) is 11.6 Å². The first-order valence-electron chi connectivity index (χ1n) is 14.2. The van der Waals surface area contributed by atoms with Gasteiger partial charge in [0.05, 0.1) is 17.6 Å². The third-order valence-corrected chi connectivity index (χ3v) is 8.35. The van der Waals surface area contributed by atoms with Crippen LogP contribution in [0.15, 0.2) is 46.9 Å². The molecule has 9 nitrogen and oxygen atoms in total. The van der Waals surface area contributed by atoms with Gasteiger partial charge >= 0.3 is 6.18 Å². The molecule has 1 aromatic heterocycles. The van der Waals surface area contributed by atoms with Gasteiger partial charge in [-0.05, 0) is 62.9 Å². The molecule has 226 valence electrons. The van der Waals surface area contributed by atoms with Crippen molar-refractivity contribution >= 4 is 28.3 Å². The van der Waals surface area contributed by atoms with Crippen molar-refractivity contribution in [3.8, 4) is 0 Å². The van der Waals surface area contributed by atoms with Crippen LogP contribution in [0.1, 0.15) is 42.6 Å². The summed E-state index contributed by atoms with van der Waals surface area (Å²) in [5.41, 5.74) is 0.142. The largest absolute Gasteiger partial charge is 0.460 e. The molecule has 5 rings (SSSR count). The minimum Gasteiger partial charge on any atom is -0.460 e. The second-order valence-corrected chi connectivity index (χ2v) is 11.2. The molecule has 2 aromatic carbocycles. The number of alkyl halides is 3. The van der Waals surface area contributed by atoms with Crippen molar-refractivity contribution in [3.63, 3.8) is 0 Å². The highest BCUT2D eigenvalue weighted by Gasteiger charge is 2.39. The lowest BCUT2D eigenvalue weighted by molar-refractivity contribution is -0.388. The van der Waals surface area contributed by atoms with Crippen molar-refractivity contribution in [2.45, 2.75) is 57.5 Å². The maximum Gasteiger partial charge on any atom is 0.423 e. The summed E-state index contributed by atoms with van der Waals surface area (Å²) in [7, 11) is 1.70. The van der Waals surface area contributed by atoms with E-state index in [0.717, 1.165) is 42.0 Å². The summed E-state index contributed by atoms with van der Waals surface area (Å²) >= 11 is 0. The Balaban J connectivity index is 1.05. The summed E-state index contributed by atoms with van der Waals surface area (Å²) in [5.74, 6) is 0.869. The molecule has 0 spiro atoms. The van der Waals surface area contributed by atoms with Crippen LogP contribution >= 0.6 is 0 Å². The van der Waals surface area contributed by atoms with Crippen LogP contribution in [0.4, 0.5) is 24.5 Å². The highest BCUT2D eigenvalue weighted by atomic mass is 19.4. The van der Waals surface area contributed by atoms with Gasteiger partial charge in [-0.15, -0.1) is 0 Å². The highest BCUT2D eigenvalue weighted by molar-refractivity contribution is 5.79. The van der Waals surface area contributed by atoms with Gasteiger partial charge in [-0.3, -0.25) is 19.8 Å². The fourth-order valence-electron chi connectivity index (χ4n) is 5.89. The topological polar surface area (TPSA) is 92.3 Å². The first-order valence-corrected chi connectivity index (χ1v) is 14.2. The van der Waals surface area contributed by atoms with Crippen LogP contribution in [0, 0.1) is 17.0 Å². The van der Waals surface area contributed by atoms with E-state index in [0.29, 0.717) is 45.3 Å². The molecule has 2 heterocycles. The molecule has 3 aromatic rings. The quantitative estimate of drug-likeness (QED) is 0.244. The third kappa shape index (κ3) is 6.87. The number of anilines is 1. The van der Waals surface area contributed by atoms with Crippen LogP contribution in [-0.4, -0.2) is 72.6 Å². The number of nitro groups is 1. The number of piperazine rings is 1. The summed E-state index contributed by atoms with van der Waals surface area (Å²) in [4.78, 5) is 28.7. The lowest BCUT2D eigenvalue weighted by Gasteiger charge is -2.37. The van der Waals surface area contributed by atoms with Gasteiger partial charge in [0.15, 0.2) is 0 Å². The lowest BCUT2D eigenvalue weighted by Crippen LogP contribution is -2.49. The van der Waals surface area contributed by atoms with Gasteiger partial charge in [-0.1, -0.05) is 11.6 Å². The Bertz CT molecular complexity index is 1430. The van der Waals surface area contributed by atoms with E-state index in [1.54, 1.807) is 11.9 Å². The molecular weight excluding hydrogens is 553 g/mol. The second kappa shape index (κ2) is 12.3. The zero-order chi connectivity index (χ0) is 30.0. The number of benzene rings is 2. The maximum atomic E-state index is 13.4. The summed E-state index contributed by atoms with van der Waals surface area (Å²) in [6.07, 6.45) is -2.23. The fraction of sp³-hybridized carbons (Fsp3) is 0.500. The SMILES string of the molecule is Cc1ccc2oc(CN3CCN(C(=O)CO[C@H]4CC[C@H](N(C)c5ccc([N+](=O)[O-])c(C(F)(F)F)c5)CC4)CC3)cc2c1. The second-order valence-electron chi connectivity index (χ2n) is 11.2. The number of nitrogens with zero attached hydrogens (tertiary/aromatic N) is 4. The average molecular weight is 589 g/mol. The van der Waals surface area contributed by atoms with E-state index in [9.17, 15) is 28.1 Å². The molecule has 1 saturated carbocycles. The van der Waals surface area contributed by atoms with Gasteiger partial charge < -0.3 is 19.0 Å². The number of hydrogen-bond acceptors (Lipinski definition) is 7. The zero-order valence-electron chi connectivity index (χ0n) is 23.7. The Kier molecular flexibility index (Phi) is 8.74. The van der Waals surface area contributed by atoms with Crippen LogP contribution in [0.5, 0.6) is 0 Å². The minimum absolute atomic E-state index is 0.00535. The van der Waals surface area contributed by atoms with Crippen molar-refractivity contribution in [1.82, 2.24) is 9.80 Å². The Hall–Kier alpha value is -3.64. The molecule has 42 heavy (non-hydrogen) atoms. The molecule has 0 N–H and O–H groups in total. The number of amides is 1. The molecule has 0 radical (unpaired) electrons. The smallest absolute Gasteiger partial charge is 0.423 e. The van der Waals surface area contributed by atoms with Crippen molar-refractivity contribution in [2.24, 2.45) is 0 Å². The summed E-state index contributed by atoms with van der Waals surface area (Å²) < 4.78 is 52.1. The lowest BCUT2D eigenvalue weighted by atomic mass is 9.91. The van der Waals surface area contributed by atoms with E-state index < -0.39 is 22.4 Å². The van der Waals surface area contributed by atoms with Gasteiger partial charge in [0.1, 0.15) is 23.5 Å². The average Bonchev–Trinajstić information content (AvgIpc) is 3.36. The molecule has 1 aliphatic carbocycles. The normalized spacial score (nSPS) is 20.2. The van der Waals surface area contributed by atoms with Crippen LogP contribution in [0.3, 0.4) is 0 Å². The molecular formula is C30H35F3N4O5. The van der Waals surface area contributed by atoms with E-state index in [2.05, 4.69) is 24.0 Å². The number of hydrogen-bond donors (Lipinski definition) is 0. The highest BCUT2D eigenvalue weighted by Crippen LogP contribution is 2.39. The Morgan fingerprint density at radius 2 is 1.79 bits per heavy atom. The van der Waals surface area contributed by atoms with Crippen molar-refractivity contribution < 1.29 is 32.0 Å². The first-order chi connectivity index (χ1) is 20.0. The Labute approximate surface area is 241 Å². The van der Waals surface area contributed by atoms with E-state index in [-0.39, 0.29) is 30.3 Å². The van der Waals surface area contributed by atoms with Gasteiger partial charge in [0, 0.05) is 56.4 Å². The van der Waals surface area contributed by atoms with Crippen LogP contribution in [-0.2, 0) is 22.3 Å². The van der Waals surface area contributed by atoms with E-state index in [1.807, 2.05) is 17.0 Å². The number of furan rings is 1. The maximum absolute atomic E-state index is 13.4. The predicted octanol–water partition coefficient (Wildman–Crippen LogP) is 5.78. The zero-order valence-corrected chi connectivity index (χ0v) is 23.7. The Morgan fingerprint density at radius 1 is 1.07 bits per heavy atom. The Morgan fingerprint density at radius 3 is 2.45 bits per heavy atom. The number of nitro benzene ring substituents is 1. The summed E-state index contributed by atoms with van der Waals surface area (Å²) in [6, 6.07) is 11.3. The molecule has 0 atom stereocenters. The van der Waals surface area contributed by atoms with Gasteiger partial charge in [-0.25, -0.2) is 0 Å². The number of ether oxygens (including phenoxy) is 1. The van der Waals surface area contributed by atoms with Crippen molar-refractivity contribution in [3.05, 3.63) is 69.5 Å². The molecule has 1 aliphatic heterocycles. The molecule has 2 aliphatic rings. The minimum atomic E-state index is -4.82. The molecule has 12 heteroatoms. The first kappa shape index (κ1) is 29.8. The monoisotopic (exact) mass is 588 g/mol. The summed E-state index contributed by atoms with van der Waals surface area (Å²) in [5, 5.41) is 12.2. The van der Waals surface area contributed by atoms with Gasteiger partial charge in [-0.2, -0.15) is 13.2 Å². The molecule has 0 unspecified atom stereocenters. The fourth-order valence-corrected chi connectivity index (χ4v) is 5.89. The number of fused-ring (bicyclic) bond motifs is 1. The predicted molar refractivity (Wildman–Crippen MR) is 151 cm³/mol. The number of carbonyl (C=O) groups excluding carboxylic acids is 1. The van der Waals surface area contributed by atoms with Crippen LogP contribution in [0.25, 0.3) is 11.0 Å². The van der Waals surface area contributed by atoms with Crippen molar-refractivity contribution in [1.29, 1.82) is 0 Å². The number of aryl methyl sites for hydroxylation is 1. The van der Waals surface area contributed by atoms with Gasteiger partial charge in [0.25, 0.3) is 5.69 Å². The molecule has 1 amide bonds. The van der Waals surface area contributed by atoms with E-state index in [4.69, 9.17) is 9.15 Å². The molecule has 0 bridgehead atoms. The van der Waals surface area contributed by atoms with Crippen LogP contribution < -0.4 is 4.90 Å². The number of halogens is 3.